The number of hydrogen-bond donors (Lipinski definition) is 4. The van der Waals surface area contributed by atoms with Crippen molar-refractivity contribution in [2.24, 2.45) is 10.1 Å². The number of carbonyl (C=O) groups excluding carboxylic acids is 4. The van der Waals surface area contributed by atoms with Crippen LogP contribution in [0.15, 0.2) is 101 Å². The second kappa shape index (κ2) is 21.8. The molecule has 4 N–H and O–H groups in total. The Morgan fingerprint density at radius 2 is 1.49 bits per heavy atom. The molecule has 9 rings (SSSR count). The van der Waals surface area contributed by atoms with E-state index in [0.717, 1.165) is 28.9 Å². The van der Waals surface area contributed by atoms with Crippen molar-refractivity contribution in [3.05, 3.63) is 124 Å². The number of nitrogens with zero attached hydrogens (tertiary/aromatic N) is 4. The summed E-state index contributed by atoms with van der Waals surface area (Å²) in [6, 6.07) is 27.8. The van der Waals surface area contributed by atoms with Gasteiger partial charge in [-0.15, -0.1) is 0 Å². The van der Waals surface area contributed by atoms with Crippen LogP contribution in [0.3, 0.4) is 0 Å². The molecule has 3 atom stereocenters. The first kappa shape index (κ1) is 51.8. The molecule has 0 fully saturated rings. The van der Waals surface area contributed by atoms with Crippen molar-refractivity contribution in [1.82, 2.24) is 5.43 Å². The van der Waals surface area contributed by atoms with Crippen molar-refractivity contribution in [2.75, 3.05) is 47.0 Å². The van der Waals surface area contributed by atoms with Gasteiger partial charge in [-0.2, -0.15) is 13.5 Å². The van der Waals surface area contributed by atoms with Gasteiger partial charge in [0.25, 0.3) is 27.8 Å². The van der Waals surface area contributed by atoms with Crippen LogP contribution in [0, 0.1) is 0 Å². The highest BCUT2D eigenvalue weighted by atomic mass is 33.1. The first-order valence-electron chi connectivity index (χ1n) is 23.8. The number of hydrogen-bond acceptors (Lipinski definition) is 15. The van der Waals surface area contributed by atoms with Crippen LogP contribution in [0.1, 0.15) is 76.1 Å². The topological polar surface area (TPSA) is 227 Å². The SMILES string of the molecule is C=NNC(=O)C(CCSSC(C)(C)CCC(=O)Nc1cc(COc2cc3c(cc2OC)C(=O)N2c4ccccc4C[C@H]2C=N3)cc(COc2cc3c(cc2OC)C(=O)N2c4ccccc4C[C@H]2CN3)c1)S(=O)(=O)O. The third kappa shape index (κ3) is 11.2. The fourth-order valence-electron chi connectivity index (χ4n) is 9.53. The van der Waals surface area contributed by atoms with Gasteiger partial charge in [-0.1, -0.05) is 58.0 Å². The minimum absolute atomic E-state index is 0.0196. The minimum Gasteiger partial charge on any atom is -0.493 e. The highest BCUT2D eigenvalue weighted by Crippen LogP contribution is 2.44. The highest BCUT2D eigenvalue weighted by Gasteiger charge is 2.39. The number of hydrazone groups is 1. The molecule has 18 nitrogen and oxygen atoms in total. The average Bonchev–Trinajstić information content (AvgIpc) is 3.87. The number of ether oxygens (including phenoxy) is 4. The van der Waals surface area contributed by atoms with E-state index >= 15 is 0 Å². The molecular formula is C53H55N7O11S3. The van der Waals surface area contributed by atoms with Crippen LogP contribution in [0.4, 0.5) is 28.4 Å². The van der Waals surface area contributed by atoms with E-state index < -0.39 is 26.0 Å². The molecular weight excluding hydrogens is 1010 g/mol. The Kier molecular flexibility index (Phi) is 15.3. The fraction of sp³-hybridized carbons (Fsp3) is 0.321. The molecule has 0 saturated heterocycles. The summed E-state index contributed by atoms with van der Waals surface area (Å²) in [5.41, 5.74) is 9.65. The quantitative estimate of drug-likeness (QED) is 0.0189. The number of nitrogens with one attached hydrogen (secondary N) is 3. The van der Waals surface area contributed by atoms with Crippen molar-refractivity contribution >= 4 is 96.7 Å². The van der Waals surface area contributed by atoms with Gasteiger partial charge in [-0.3, -0.25) is 33.6 Å². The van der Waals surface area contributed by atoms with Gasteiger partial charge in [0.15, 0.2) is 28.2 Å². The molecule has 74 heavy (non-hydrogen) atoms. The number of amides is 4. The number of benzene rings is 5. The number of methoxy groups -OCH3 is 2. The molecule has 0 spiro atoms. The monoisotopic (exact) mass is 1060 g/mol. The Hall–Kier alpha value is -7.07. The number of anilines is 4. The minimum atomic E-state index is -4.67. The van der Waals surface area contributed by atoms with Gasteiger partial charge in [0.05, 0.1) is 48.8 Å². The van der Waals surface area contributed by atoms with Crippen LogP contribution in [-0.2, 0) is 45.8 Å². The van der Waals surface area contributed by atoms with E-state index in [1.807, 2.05) is 78.8 Å². The largest absolute Gasteiger partial charge is 0.493 e. The summed E-state index contributed by atoms with van der Waals surface area (Å²) in [6.45, 7) is 7.62. The maximum Gasteiger partial charge on any atom is 0.277 e. The van der Waals surface area contributed by atoms with E-state index in [9.17, 15) is 32.1 Å². The van der Waals surface area contributed by atoms with Crippen molar-refractivity contribution in [3.8, 4) is 23.0 Å². The summed E-state index contributed by atoms with van der Waals surface area (Å²) < 4.78 is 57.2. The summed E-state index contributed by atoms with van der Waals surface area (Å²) in [6.07, 6.45) is 3.59. The predicted octanol–water partition coefficient (Wildman–Crippen LogP) is 8.40. The Labute approximate surface area is 436 Å². The molecule has 4 amide bonds. The zero-order chi connectivity index (χ0) is 52.3. The van der Waals surface area contributed by atoms with Crippen LogP contribution < -0.4 is 44.8 Å². The van der Waals surface area contributed by atoms with Gasteiger partial charge in [-0.25, -0.2) is 5.43 Å². The second-order valence-electron chi connectivity index (χ2n) is 18.7. The smallest absolute Gasteiger partial charge is 0.277 e. The lowest BCUT2D eigenvalue weighted by atomic mass is 10.1. The summed E-state index contributed by atoms with van der Waals surface area (Å²) in [5.74, 6) is 0.113. The lowest BCUT2D eigenvalue weighted by molar-refractivity contribution is -0.120. The Balaban J connectivity index is 0.923. The second-order valence-corrected chi connectivity index (χ2v) is 23.4. The summed E-state index contributed by atoms with van der Waals surface area (Å²) in [4.78, 5) is 62.4. The Morgan fingerprint density at radius 1 is 0.865 bits per heavy atom. The molecule has 0 bridgehead atoms. The van der Waals surface area contributed by atoms with Crippen molar-refractivity contribution in [3.63, 3.8) is 0 Å². The van der Waals surface area contributed by atoms with E-state index in [4.69, 9.17) is 23.9 Å². The number of para-hydroxylation sites is 2. The predicted molar refractivity (Wildman–Crippen MR) is 289 cm³/mol. The molecule has 4 aliphatic heterocycles. The Morgan fingerprint density at radius 3 is 2.15 bits per heavy atom. The molecule has 0 radical (unpaired) electrons. The normalized spacial score (nSPS) is 16.7. The molecule has 4 aliphatic rings. The van der Waals surface area contributed by atoms with Crippen LogP contribution >= 0.6 is 21.6 Å². The molecule has 0 aliphatic carbocycles. The van der Waals surface area contributed by atoms with E-state index in [1.165, 1.54) is 35.8 Å². The van der Waals surface area contributed by atoms with Gasteiger partial charge in [0.2, 0.25) is 5.91 Å². The summed E-state index contributed by atoms with van der Waals surface area (Å²) in [7, 11) is 1.10. The van der Waals surface area contributed by atoms with Crippen molar-refractivity contribution < 1.29 is 51.1 Å². The molecule has 21 heteroatoms. The number of aliphatic imine (C=N–C) groups is 1. The molecule has 5 aromatic carbocycles. The van der Waals surface area contributed by atoms with Crippen molar-refractivity contribution in [2.45, 2.75) is 81.2 Å². The van der Waals surface area contributed by atoms with E-state index in [-0.39, 0.29) is 61.6 Å². The maximum atomic E-state index is 14.1. The fourth-order valence-corrected chi connectivity index (χ4v) is 13.1. The zero-order valence-electron chi connectivity index (χ0n) is 41.1. The van der Waals surface area contributed by atoms with Gasteiger partial charge >= 0.3 is 0 Å². The molecule has 0 aromatic heterocycles. The number of fused-ring (bicyclic) bond motifs is 8. The first-order valence-corrected chi connectivity index (χ1v) is 27.6. The van der Waals surface area contributed by atoms with Crippen LogP contribution in [0.2, 0.25) is 0 Å². The van der Waals surface area contributed by atoms with Crippen molar-refractivity contribution in [1.29, 1.82) is 0 Å². The lowest BCUT2D eigenvalue weighted by Gasteiger charge is -2.23. The zero-order valence-corrected chi connectivity index (χ0v) is 43.5. The molecule has 5 aromatic rings. The summed E-state index contributed by atoms with van der Waals surface area (Å²) in [5, 5.41) is 8.02. The van der Waals surface area contributed by atoms with Gasteiger partial charge in [-0.05, 0) is 97.8 Å². The number of rotatable bonds is 20. The van der Waals surface area contributed by atoms with E-state index in [2.05, 4.69) is 22.5 Å². The van der Waals surface area contributed by atoms with Crippen LogP contribution in [0.25, 0.3) is 0 Å². The third-order valence-corrected chi connectivity index (χ3v) is 17.7. The average molecular weight is 1060 g/mol. The Bertz CT molecular complexity index is 3190. The number of carbonyl (C=O) groups is 4. The van der Waals surface area contributed by atoms with E-state index in [1.54, 1.807) is 47.5 Å². The summed E-state index contributed by atoms with van der Waals surface area (Å²) >= 11 is 0. The van der Waals surface area contributed by atoms with Gasteiger partial charge in [0.1, 0.15) is 13.2 Å². The molecule has 1 unspecified atom stereocenters. The molecule has 0 saturated carbocycles. The first-order chi connectivity index (χ1) is 35.5. The molecule has 4 heterocycles. The standard InChI is InChI=1S/C53H55N7O11S3/c1-53(2,73-72-17-15-48(74(65,66)67)50(62)58-54-3)16-14-49(61)57-35-19-31(29-70-46-25-40-38(23-44(46)68-4)51(63)59-36(27-55-40)21-33-10-6-8-12-42(33)59)18-32(20-35)30-71-47-26-41-39(24-45(47)69-5)52(64)60-37(28-56-41)22-34-11-7-9-13-43(34)60/h6-13,18-20,23-27,36-37,48,56H,3,14-17,21-22,28-30H2,1-2,4-5H3,(H,57,61)(H,58,62)(H,65,66,67)/t36-,37-,48?/m0/s1. The van der Waals surface area contributed by atoms with Gasteiger partial charge < -0.3 is 34.5 Å². The van der Waals surface area contributed by atoms with Crippen LogP contribution in [-0.4, -0.2) is 98.1 Å². The van der Waals surface area contributed by atoms with E-state index in [0.29, 0.717) is 81.7 Å². The maximum absolute atomic E-state index is 14.1. The van der Waals surface area contributed by atoms with Crippen LogP contribution in [0.5, 0.6) is 23.0 Å². The highest BCUT2D eigenvalue weighted by molar-refractivity contribution is 8.77. The lowest BCUT2D eigenvalue weighted by Crippen LogP contribution is -2.39. The molecule has 386 valence electrons. The third-order valence-electron chi connectivity index (χ3n) is 13.1. The van der Waals surface area contributed by atoms with Gasteiger partial charge in [0, 0.05) is 72.0 Å².